The van der Waals surface area contributed by atoms with Crippen LogP contribution in [0.25, 0.3) is 11.1 Å². The van der Waals surface area contributed by atoms with Crippen LogP contribution in [0.3, 0.4) is 0 Å². The number of hydrogen-bond acceptors (Lipinski definition) is 4. The number of Topliss-reactive ketones (excluding diaryl/α,β-unsaturated/α-hetero) is 2. The lowest BCUT2D eigenvalue weighted by molar-refractivity contribution is -0.137. The summed E-state index contributed by atoms with van der Waals surface area (Å²) in [6, 6.07) is 21.0. The third kappa shape index (κ3) is 9.47. The molecule has 0 saturated heterocycles. The molecular weight excluding hydrogens is 585 g/mol. The summed E-state index contributed by atoms with van der Waals surface area (Å²) >= 11 is 0. The summed E-state index contributed by atoms with van der Waals surface area (Å²) in [5.74, 6) is -3.11. The molecule has 4 aromatic rings. The van der Waals surface area contributed by atoms with Gasteiger partial charge in [0.25, 0.3) is 0 Å². The van der Waals surface area contributed by atoms with E-state index in [2.05, 4.69) is 0 Å². The maximum atomic E-state index is 13.9. The molecule has 6 nitrogen and oxygen atoms in total. The average Bonchev–Trinajstić information content (AvgIpc) is 3.01. The number of aromatic carboxylic acids is 2. The molecule has 0 atom stereocenters. The summed E-state index contributed by atoms with van der Waals surface area (Å²) in [4.78, 5) is 45.5. The second-order valence-electron chi connectivity index (χ2n) is 9.74. The maximum Gasteiger partial charge on any atom is 0.417 e. The van der Waals surface area contributed by atoms with Crippen LogP contribution in [-0.2, 0) is 19.0 Å². The minimum Gasteiger partial charge on any atom is -0.478 e. The van der Waals surface area contributed by atoms with Crippen molar-refractivity contribution in [3.8, 4) is 11.1 Å². The van der Waals surface area contributed by atoms with E-state index in [-0.39, 0.29) is 45.6 Å². The van der Waals surface area contributed by atoms with Gasteiger partial charge in [0.2, 0.25) is 0 Å². The molecule has 0 unspecified atom stereocenters. The van der Waals surface area contributed by atoms with Crippen molar-refractivity contribution in [1.82, 2.24) is 0 Å². The van der Waals surface area contributed by atoms with Gasteiger partial charge in [0.05, 0.1) is 16.7 Å². The Morgan fingerprint density at radius 3 is 1.58 bits per heavy atom. The lowest BCUT2D eigenvalue weighted by atomic mass is 9.91. The molecule has 4 aromatic carbocycles. The van der Waals surface area contributed by atoms with E-state index in [9.17, 15) is 37.5 Å². The normalized spacial score (nSPS) is 10.5. The minimum absolute atomic E-state index is 0.0290. The standard InChI is InChI=1S/C25H21F3O3.C9H8O3.C2H6/c1-3-16-8-10-18(15(2)12-16)19-11-9-17(13-22(19)25(26,27)28)14-23(29)20-6-4-5-7-21(20)24(30)31;1-6(10)7-4-2-3-5-8(7)9(11)12;1-2/h4-13H,3,14H2,1-2H3,(H,30,31);2-5H,1H3,(H,11,12);1-2H3. The van der Waals surface area contributed by atoms with Gasteiger partial charge in [-0.15, -0.1) is 0 Å². The molecule has 0 radical (unpaired) electrons. The highest BCUT2D eigenvalue weighted by molar-refractivity contribution is 6.06. The van der Waals surface area contributed by atoms with Crippen LogP contribution in [-0.4, -0.2) is 33.7 Å². The summed E-state index contributed by atoms with van der Waals surface area (Å²) in [5.41, 5.74) is 1.77. The minimum atomic E-state index is -4.61. The molecule has 0 heterocycles. The Hall–Kier alpha value is -5.05. The monoisotopic (exact) mass is 620 g/mol. The molecule has 45 heavy (non-hydrogen) atoms. The van der Waals surface area contributed by atoms with Crippen LogP contribution >= 0.6 is 0 Å². The second-order valence-corrected chi connectivity index (χ2v) is 9.74. The molecular formula is C36H35F3O6. The quantitative estimate of drug-likeness (QED) is 0.190. The SMILES string of the molecule is CC.CC(=O)c1ccccc1C(=O)O.CCc1ccc(-c2ccc(CC(=O)c3ccccc3C(=O)O)cc2C(F)(F)F)c(C)c1. The van der Waals surface area contributed by atoms with Crippen molar-refractivity contribution in [3.63, 3.8) is 0 Å². The van der Waals surface area contributed by atoms with E-state index in [0.29, 0.717) is 5.56 Å². The highest BCUT2D eigenvalue weighted by Crippen LogP contribution is 2.39. The Morgan fingerprint density at radius 2 is 1.13 bits per heavy atom. The first-order chi connectivity index (χ1) is 21.2. The number of halogens is 3. The van der Waals surface area contributed by atoms with Gasteiger partial charge in [-0.05, 0) is 66.3 Å². The van der Waals surface area contributed by atoms with Gasteiger partial charge >= 0.3 is 18.1 Å². The molecule has 0 aliphatic heterocycles. The van der Waals surface area contributed by atoms with Crippen molar-refractivity contribution in [1.29, 1.82) is 0 Å². The fourth-order valence-corrected chi connectivity index (χ4v) is 4.59. The fourth-order valence-electron chi connectivity index (χ4n) is 4.59. The molecule has 0 bridgehead atoms. The van der Waals surface area contributed by atoms with Crippen LogP contribution < -0.4 is 0 Å². The molecule has 2 N–H and O–H groups in total. The number of carboxylic acids is 2. The van der Waals surface area contributed by atoms with E-state index in [1.54, 1.807) is 25.1 Å². The Balaban J connectivity index is 0.000000421. The van der Waals surface area contributed by atoms with E-state index >= 15 is 0 Å². The largest absolute Gasteiger partial charge is 0.478 e. The zero-order valence-electron chi connectivity index (χ0n) is 25.7. The van der Waals surface area contributed by atoms with Crippen LogP contribution in [0.1, 0.15) is 91.4 Å². The van der Waals surface area contributed by atoms with Gasteiger partial charge in [-0.3, -0.25) is 9.59 Å². The van der Waals surface area contributed by atoms with Gasteiger partial charge in [0, 0.05) is 17.5 Å². The molecule has 0 amide bonds. The smallest absolute Gasteiger partial charge is 0.417 e. The number of carboxylic acid groups (broad SMARTS) is 2. The number of rotatable bonds is 8. The van der Waals surface area contributed by atoms with E-state index in [4.69, 9.17) is 5.11 Å². The molecule has 9 heteroatoms. The summed E-state index contributed by atoms with van der Waals surface area (Å²) in [7, 11) is 0. The molecule has 236 valence electrons. The first-order valence-electron chi connectivity index (χ1n) is 14.2. The summed E-state index contributed by atoms with van der Waals surface area (Å²) < 4.78 is 41.6. The van der Waals surface area contributed by atoms with Gasteiger partial charge in [-0.2, -0.15) is 13.2 Å². The van der Waals surface area contributed by atoms with Crippen LogP contribution in [0.15, 0.2) is 84.9 Å². The van der Waals surface area contributed by atoms with Crippen molar-refractivity contribution in [2.24, 2.45) is 0 Å². The van der Waals surface area contributed by atoms with Crippen molar-refractivity contribution < 1.29 is 42.6 Å². The van der Waals surface area contributed by atoms with Gasteiger partial charge in [-0.1, -0.05) is 87.5 Å². The Bertz CT molecular complexity index is 1660. The Kier molecular flexibility index (Phi) is 13.0. The first-order valence-corrected chi connectivity index (χ1v) is 14.2. The Morgan fingerprint density at radius 1 is 0.667 bits per heavy atom. The third-order valence-corrected chi connectivity index (χ3v) is 6.74. The lowest BCUT2D eigenvalue weighted by Crippen LogP contribution is -2.12. The highest BCUT2D eigenvalue weighted by atomic mass is 19.4. The number of benzene rings is 4. The molecule has 0 aliphatic rings. The molecule has 0 spiro atoms. The van der Waals surface area contributed by atoms with Crippen molar-refractivity contribution >= 4 is 23.5 Å². The second kappa shape index (κ2) is 16.1. The van der Waals surface area contributed by atoms with Crippen molar-refractivity contribution in [3.05, 3.63) is 129 Å². The van der Waals surface area contributed by atoms with E-state index in [1.807, 2.05) is 32.9 Å². The number of hydrogen-bond donors (Lipinski definition) is 2. The zero-order valence-corrected chi connectivity index (χ0v) is 25.7. The van der Waals surface area contributed by atoms with Crippen LogP contribution in [0.4, 0.5) is 13.2 Å². The number of aryl methyl sites for hydroxylation is 2. The molecule has 0 aliphatic carbocycles. The van der Waals surface area contributed by atoms with Crippen molar-refractivity contribution in [2.45, 2.75) is 53.6 Å². The molecule has 0 fully saturated rings. The Labute approximate surface area is 260 Å². The van der Waals surface area contributed by atoms with Crippen molar-refractivity contribution in [2.75, 3.05) is 0 Å². The third-order valence-electron chi connectivity index (χ3n) is 6.74. The molecule has 0 saturated carbocycles. The van der Waals surface area contributed by atoms with Crippen LogP contribution in [0, 0.1) is 6.92 Å². The van der Waals surface area contributed by atoms with E-state index in [0.717, 1.165) is 23.6 Å². The van der Waals surface area contributed by atoms with E-state index < -0.39 is 29.5 Å². The molecule has 0 aromatic heterocycles. The lowest BCUT2D eigenvalue weighted by Gasteiger charge is -2.17. The number of carbonyl (C=O) groups excluding carboxylic acids is 2. The predicted molar refractivity (Wildman–Crippen MR) is 167 cm³/mol. The van der Waals surface area contributed by atoms with Gasteiger partial charge < -0.3 is 10.2 Å². The maximum absolute atomic E-state index is 13.9. The van der Waals surface area contributed by atoms with Gasteiger partial charge in [-0.25, -0.2) is 9.59 Å². The summed E-state index contributed by atoms with van der Waals surface area (Å²) in [6.45, 7) is 9.10. The van der Waals surface area contributed by atoms with Crippen LogP contribution in [0.2, 0.25) is 0 Å². The zero-order chi connectivity index (χ0) is 33.9. The van der Waals surface area contributed by atoms with Gasteiger partial charge in [0.15, 0.2) is 11.6 Å². The molecule has 4 rings (SSSR count). The summed E-state index contributed by atoms with van der Waals surface area (Å²) in [6.07, 6.45) is -4.16. The number of ketones is 2. The predicted octanol–water partition coefficient (Wildman–Crippen LogP) is 8.98. The summed E-state index contributed by atoms with van der Waals surface area (Å²) in [5, 5.41) is 17.9. The highest BCUT2D eigenvalue weighted by Gasteiger charge is 2.34. The first kappa shape index (κ1) is 36.1. The average molecular weight is 621 g/mol. The van der Waals surface area contributed by atoms with Gasteiger partial charge in [0.1, 0.15) is 0 Å². The number of carbonyl (C=O) groups is 4. The topological polar surface area (TPSA) is 109 Å². The van der Waals surface area contributed by atoms with Crippen LogP contribution in [0.5, 0.6) is 0 Å². The number of alkyl halides is 3. The fraction of sp³-hybridized carbons (Fsp3) is 0.222. The van der Waals surface area contributed by atoms with E-state index in [1.165, 1.54) is 55.5 Å².